The van der Waals surface area contributed by atoms with Gasteiger partial charge in [-0.1, -0.05) is 123 Å². The molecule has 0 radical (unpaired) electrons. The Hall–Kier alpha value is -5.55. The second-order valence-electron chi connectivity index (χ2n) is 9.72. The van der Waals surface area contributed by atoms with Crippen molar-refractivity contribution in [1.82, 2.24) is 19.5 Å². The molecule has 5 heteroatoms. The maximum atomic E-state index is 6.44. The van der Waals surface area contributed by atoms with Gasteiger partial charge in [0, 0.05) is 33.2 Å². The molecule has 8 aromatic rings. The fraction of sp³-hybridized carbons (Fsp3) is 0.0541. The van der Waals surface area contributed by atoms with Gasteiger partial charge in [0.05, 0.1) is 10.9 Å². The van der Waals surface area contributed by atoms with Gasteiger partial charge in [-0.15, -0.1) is 0 Å². The van der Waals surface area contributed by atoms with Crippen molar-refractivity contribution < 1.29 is 4.42 Å². The van der Waals surface area contributed by atoms with Gasteiger partial charge >= 0.3 is 0 Å². The predicted octanol–water partition coefficient (Wildman–Crippen LogP) is 9.74. The third-order valence-corrected chi connectivity index (χ3v) is 7.26. The smallest absolute Gasteiger partial charge is 0.213 e. The van der Waals surface area contributed by atoms with Crippen LogP contribution in [0.25, 0.3) is 72.8 Å². The minimum absolute atomic E-state index is 0.617. The number of furan rings is 1. The zero-order valence-corrected chi connectivity index (χ0v) is 23.4. The van der Waals surface area contributed by atoms with Crippen molar-refractivity contribution in [3.63, 3.8) is 0 Å². The Morgan fingerprint density at radius 2 is 1.02 bits per heavy atom. The van der Waals surface area contributed by atoms with Gasteiger partial charge < -0.3 is 4.42 Å². The van der Waals surface area contributed by atoms with Crippen molar-refractivity contribution in [2.24, 2.45) is 0 Å². The van der Waals surface area contributed by atoms with E-state index in [1.165, 1.54) is 0 Å². The zero-order valence-electron chi connectivity index (χ0n) is 23.4. The third-order valence-electron chi connectivity index (χ3n) is 7.26. The molecule has 0 N–H and O–H groups in total. The standard InChI is InChI=1S/C35H22N4O.C2H6/c1-3-12-23(13-4-1)32-36-33(24-14-5-2-6-15-24)38-34(37-32)25-16-11-17-26(22-25)39-29-20-9-7-18-27(29)31-28-19-8-10-21-30(28)40-35(31)39;1-2/h1-22H;1-2H3. The fourth-order valence-corrected chi connectivity index (χ4v) is 5.42. The number of aromatic nitrogens is 4. The molecular formula is C37H28N4O. The van der Waals surface area contributed by atoms with E-state index in [9.17, 15) is 0 Å². The van der Waals surface area contributed by atoms with Gasteiger partial charge in [-0.2, -0.15) is 0 Å². The van der Waals surface area contributed by atoms with E-state index >= 15 is 0 Å². The Morgan fingerprint density at radius 1 is 0.500 bits per heavy atom. The summed E-state index contributed by atoms with van der Waals surface area (Å²) < 4.78 is 8.63. The molecule has 0 saturated heterocycles. The summed E-state index contributed by atoms with van der Waals surface area (Å²) >= 11 is 0. The summed E-state index contributed by atoms with van der Waals surface area (Å²) in [5.74, 6) is 1.90. The molecule has 0 atom stereocenters. The maximum absolute atomic E-state index is 6.44. The van der Waals surface area contributed by atoms with Crippen LogP contribution in [0, 0.1) is 0 Å². The second-order valence-corrected chi connectivity index (χ2v) is 9.72. The number of benzene rings is 5. The fourth-order valence-electron chi connectivity index (χ4n) is 5.42. The lowest BCUT2D eigenvalue weighted by molar-refractivity contribution is 0.645. The van der Waals surface area contributed by atoms with Gasteiger partial charge in [-0.25, -0.2) is 15.0 Å². The minimum atomic E-state index is 0.617. The van der Waals surface area contributed by atoms with Crippen molar-refractivity contribution in [2.75, 3.05) is 0 Å². The Bertz CT molecular complexity index is 2100. The van der Waals surface area contributed by atoms with Crippen molar-refractivity contribution in [3.05, 3.63) is 133 Å². The normalized spacial score (nSPS) is 11.1. The first-order valence-electron chi connectivity index (χ1n) is 14.2. The lowest BCUT2D eigenvalue weighted by atomic mass is 10.1. The molecular weight excluding hydrogens is 516 g/mol. The van der Waals surface area contributed by atoms with Crippen LogP contribution in [0.15, 0.2) is 138 Å². The van der Waals surface area contributed by atoms with Gasteiger partial charge in [0.1, 0.15) is 5.58 Å². The van der Waals surface area contributed by atoms with Crippen LogP contribution in [0.3, 0.4) is 0 Å². The number of hydrogen-bond acceptors (Lipinski definition) is 4. The zero-order chi connectivity index (χ0) is 28.5. The topological polar surface area (TPSA) is 56.7 Å². The molecule has 42 heavy (non-hydrogen) atoms. The van der Waals surface area contributed by atoms with E-state index in [-0.39, 0.29) is 0 Å². The summed E-state index contributed by atoms with van der Waals surface area (Å²) in [6.07, 6.45) is 0. The summed E-state index contributed by atoms with van der Waals surface area (Å²) in [4.78, 5) is 14.7. The van der Waals surface area contributed by atoms with Crippen molar-refractivity contribution in [3.8, 4) is 39.9 Å². The summed E-state index contributed by atoms with van der Waals surface area (Å²) in [6.45, 7) is 4.00. The Kier molecular flexibility index (Phi) is 6.53. The quantitative estimate of drug-likeness (QED) is 0.221. The first kappa shape index (κ1) is 25.4. The molecule has 0 aliphatic rings. The van der Waals surface area contributed by atoms with Crippen LogP contribution < -0.4 is 0 Å². The van der Waals surface area contributed by atoms with Crippen LogP contribution in [0.4, 0.5) is 0 Å². The largest absolute Gasteiger partial charge is 0.439 e. The average Bonchev–Trinajstić information content (AvgIpc) is 3.61. The van der Waals surface area contributed by atoms with E-state index in [1.54, 1.807) is 0 Å². The van der Waals surface area contributed by atoms with E-state index < -0.39 is 0 Å². The van der Waals surface area contributed by atoms with E-state index in [0.29, 0.717) is 17.5 Å². The van der Waals surface area contributed by atoms with Gasteiger partial charge in [0.25, 0.3) is 0 Å². The predicted molar refractivity (Wildman–Crippen MR) is 172 cm³/mol. The Balaban J connectivity index is 0.00000141. The van der Waals surface area contributed by atoms with Crippen molar-refractivity contribution in [1.29, 1.82) is 0 Å². The molecule has 3 heterocycles. The first-order valence-corrected chi connectivity index (χ1v) is 14.2. The number of para-hydroxylation sites is 2. The monoisotopic (exact) mass is 544 g/mol. The third kappa shape index (κ3) is 4.32. The highest BCUT2D eigenvalue weighted by Gasteiger charge is 2.19. The molecule has 0 unspecified atom stereocenters. The molecule has 8 rings (SSSR count). The molecule has 0 fully saturated rings. The van der Waals surface area contributed by atoms with Crippen LogP contribution >= 0.6 is 0 Å². The molecule has 0 amide bonds. The number of fused-ring (bicyclic) bond motifs is 5. The lowest BCUT2D eigenvalue weighted by Crippen LogP contribution is -2.01. The highest BCUT2D eigenvalue weighted by atomic mass is 16.3. The molecule has 3 aromatic heterocycles. The molecule has 0 aliphatic carbocycles. The van der Waals surface area contributed by atoms with Crippen molar-refractivity contribution in [2.45, 2.75) is 13.8 Å². The number of nitrogens with zero attached hydrogens (tertiary/aromatic N) is 4. The van der Waals surface area contributed by atoms with Crippen LogP contribution in [0.2, 0.25) is 0 Å². The van der Waals surface area contributed by atoms with E-state index in [4.69, 9.17) is 19.4 Å². The summed E-state index contributed by atoms with van der Waals surface area (Å²) in [7, 11) is 0. The Morgan fingerprint density at radius 3 is 1.69 bits per heavy atom. The molecule has 0 spiro atoms. The van der Waals surface area contributed by atoms with Gasteiger partial charge in [0.15, 0.2) is 17.5 Å². The van der Waals surface area contributed by atoms with Gasteiger partial charge in [0.2, 0.25) is 5.71 Å². The summed E-state index contributed by atoms with van der Waals surface area (Å²) in [6, 6.07) is 45.0. The SMILES string of the molecule is CC.c1ccc(-c2nc(-c3ccccc3)nc(-c3cccc(-n4c5ccccc5c5c6ccccc6oc54)c3)n2)cc1. The molecule has 202 valence electrons. The van der Waals surface area contributed by atoms with Crippen LogP contribution in [-0.2, 0) is 0 Å². The second kappa shape index (κ2) is 10.8. The average molecular weight is 545 g/mol. The van der Waals surface area contributed by atoms with Crippen LogP contribution in [-0.4, -0.2) is 19.5 Å². The molecule has 0 saturated carbocycles. The van der Waals surface area contributed by atoms with Crippen molar-refractivity contribution >= 4 is 33.0 Å². The number of hydrogen-bond donors (Lipinski definition) is 0. The lowest BCUT2D eigenvalue weighted by Gasteiger charge is -2.10. The molecule has 0 bridgehead atoms. The minimum Gasteiger partial charge on any atom is -0.439 e. The number of rotatable bonds is 4. The molecule has 0 aliphatic heterocycles. The highest BCUT2D eigenvalue weighted by molar-refractivity contribution is 6.19. The van der Waals surface area contributed by atoms with Gasteiger partial charge in [-0.3, -0.25) is 4.57 Å². The highest BCUT2D eigenvalue weighted by Crippen LogP contribution is 2.39. The maximum Gasteiger partial charge on any atom is 0.213 e. The summed E-state index contributed by atoms with van der Waals surface area (Å²) in [5, 5.41) is 3.39. The van der Waals surface area contributed by atoms with Crippen LogP contribution in [0.5, 0.6) is 0 Å². The first-order chi connectivity index (χ1) is 20.8. The van der Waals surface area contributed by atoms with E-state index in [2.05, 4.69) is 53.1 Å². The molecule has 5 nitrogen and oxygen atoms in total. The van der Waals surface area contributed by atoms with E-state index in [1.807, 2.05) is 98.8 Å². The Labute approximate surface area is 243 Å². The van der Waals surface area contributed by atoms with Crippen LogP contribution in [0.1, 0.15) is 13.8 Å². The van der Waals surface area contributed by atoms with Gasteiger partial charge in [-0.05, 0) is 24.3 Å². The summed E-state index contributed by atoms with van der Waals surface area (Å²) in [5.41, 5.74) is 6.55. The molecule has 5 aromatic carbocycles. The van der Waals surface area contributed by atoms with E-state index in [0.717, 1.165) is 55.3 Å².